The minimum absolute atomic E-state index is 0.230. The minimum Gasteiger partial charge on any atom is -0.376 e. The molecule has 1 unspecified atom stereocenters. The lowest BCUT2D eigenvalue weighted by atomic mass is 10.2. The zero-order valence-electron chi connectivity index (χ0n) is 13.2. The number of para-hydroxylation sites is 1. The van der Waals surface area contributed by atoms with Crippen molar-refractivity contribution in [3.8, 4) is 5.69 Å². The molecule has 8 heteroatoms. The predicted octanol–water partition coefficient (Wildman–Crippen LogP) is 2.33. The molecular formula is C16H18N6OS. The number of tetrazole rings is 1. The maximum Gasteiger partial charge on any atom is 0.209 e. The fraction of sp³-hybridized carbons (Fsp3) is 0.375. The molecule has 4 rings (SSSR count). The van der Waals surface area contributed by atoms with Crippen LogP contribution in [0.3, 0.4) is 0 Å². The number of thioether (sulfide) groups is 1. The maximum absolute atomic E-state index is 5.66. The van der Waals surface area contributed by atoms with Crippen LogP contribution in [-0.4, -0.2) is 42.7 Å². The van der Waals surface area contributed by atoms with E-state index in [9.17, 15) is 0 Å². The van der Waals surface area contributed by atoms with E-state index in [0.29, 0.717) is 0 Å². The second-order valence-electron chi connectivity index (χ2n) is 5.70. The van der Waals surface area contributed by atoms with Crippen molar-refractivity contribution in [1.29, 1.82) is 0 Å². The summed E-state index contributed by atoms with van der Waals surface area (Å²) in [6.07, 6.45) is 6.35. The van der Waals surface area contributed by atoms with E-state index in [4.69, 9.17) is 4.74 Å². The zero-order chi connectivity index (χ0) is 16.2. The van der Waals surface area contributed by atoms with E-state index in [0.717, 1.165) is 48.2 Å². The molecule has 0 bridgehead atoms. The molecule has 0 radical (unpaired) electrons. The Bertz CT molecular complexity index is 781. The number of nitrogens with zero attached hydrogens (tertiary/aromatic N) is 6. The number of ether oxygens (including phenoxy) is 1. The van der Waals surface area contributed by atoms with Gasteiger partial charge in [-0.2, -0.15) is 5.10 Å². The standard InChI is InChI=1S/C16H18N6OS/c1-2-5-14(6-3-1)21-10-13(9-17-21)12-24-16-18-19-20-22(16)11-15-7-4-8-23-15/h1-3,5-6,9-10,15H,4,7-8,11-12H2. The summed E-state index contributed by atoms with van der Waals surface area (Å²) in [5.41, 5.74) is 2.19. The monoisotopic (exact) mass is 342 g/mol. The molecule has 1 aromatic carbocycles. The van der Waals surface area contributed by atoms with Crippen LogP contribution in [-0.2, 0) is 17.0 Å². The first-order valence-corrected chi connectivity index (χ1v) is 8.96. The van der Waals surface area contributed by atoms with Gasteiger partial charge in [-0.25, -0.2) is 9.36 Å². The van der Waals surface area contributed by atoms with Crippen molar-refractivity contribution in [2.75, 3.05) is 6.61 Å². The van der Waals surface area contributed by atoms with Crippen molar-refractivity contribution in [1.82, 2.24) is 30.0 Å². The van der Waals surface area contributed by atoms with Crippen molar-refractivity contribution < 1.29 is 4.74 Å². The van der Waals surface area contributed by atoms with Crippen molar-refractivity contribution >= 4 is 11.8 Å². The average molecular weight is 342 g/mol. The van der Waals surface area contributed by atoms with Crippen molar-refractivity contribution in [3.05, 3.63) is 48.3 Å². The van der Waals surface area contributed by atoms with Crippen molar-refractivity contribution in [2.45, 2.75) is 36.4 Å². The van der Waals surface area contributed by atoms with Gasteiger partial charge in [0.15, 0.2) is 0 Å². The van der Waals surface area contributed by atoms with Crippen LogP contribution in [0, 0.1) is 0 Å². The molecule has 1 aliphatic rings. The number of aromatic nitrogens is 6. The smallest absolute Gasteiger partial charge is 0.209 e. The first-order valence-electron chi connectivity index (χ1n) is 7.98. The quantitative estimate of drug-likeness (QED) is 0.640. The highest BCUT2D eigenvalue weighted by atomic mass is 32.2. The summed E-state index contributed by atoms with van der Waals surface area (Å²) in [6, 6.07) is 10.1. The fourth-order valence-electron chi connectivity index (χ4n) is 2.70. The number of hydrogen-bond acceptors (Lipinski definition) is 6. The van der Waals surface area contributed by atoms with Gasteiger partial charge in [-0.05, 0) is 35.4 Å². The summed E-state index contributed by atoms with van der Waals surface area (Å²) in [5, 5.41) is 17.2. The van der Waals surface area contributed by atoms with Gasteiger partial charge in [0, 0.05) is 24.1 Å². The molecule has 0 amide bonds. The second kappa shape index (κ2) is 7.14. The van der Waals surface area contributed by atoms with Gasteiger partial charge in [-0.3, -0.25) is 0 Å². The van der Waals surface area contributed by atoms with Gasteiger partial charge < -0.3 is 4.74 Å². The topological polar surface area (TPSA) is 70.7 Å². The molecule has 3 heterocycles. The molecule has 0 aliphatic carbocycles. The summed E-state index contributed by atoms with van der Waals surface area (Å²) >= 11 is 1.62. The molecule has 3 aromatic rings. The van der Waals surface area contributed by atoms with Gasteiger partial charge in [0.2, 0.25) is 5.16 Å². The Morgan fingerprint density at radius 2 is 2.17 bits per heavy atom. The summed E-state index contributed by atoms with van der Waals surface area (Å²) in [7, 11) is 0. The maximum atomic E-state index is 5.66. The summed E-state index contributed by atoms with van der Waals surface area (Å²) < 4.78 is 9.37. The van der Waals surface area contributed by atoms with E-state index in [1.54, 1.807) is 11.8 Å². The molecule has 124 valence electrons. The van der Waals surface area contributed by atoms with Gasteiger partial charge in [0.1, 0.15) is 0 Å². The van der Waals surface area contributed by atoms with Crippen LogP contribution < -0.4 is 0 Å². The minimum atomic E-state index is 0.230. The molecule has 1 saturated heterocycles. The SMILES string of the molecule is c1ccc(-n2cc(CSc3nnnn3CC3CCCO3)cn2)cc1. The van der Waals surface area contributed by atoms with Crippen LogP contribution >= 0.6 is 11.8 Å². The predicted molar refractivity (Wildman–Crippen MR) is 89.9 cm³/mol. The number of benzene rings is 1. The van der Waals surface area contributed by atoms with Gasteiger partial charge in [0.25, 0.3) is 0 Å². The lowest BCUT2D eigenvalue weighted by molar-refractivity contribution is 0.0912. The molecular weight excluding hydrogens is 324 g/mol. The zero-order valence-corrected chi connectivity index (χ0v) is 14.0. The van der Waals surface area contributed by atoms with Crippen molar-refractivity contribution in [2.24, 2.45) is 0 Å². The Hall–Kier alpha value is -2.19. The Morgan fingerprint density at radius 3 is 3.00 bits per heavy atom. The van der Waals surface area contributed by atoms with Crippen LogP contribution in [0.2, 0.25) is 0 Å². The van der Waals surface area contributed by atoms with Crippen LogP contribution in [0.1, 0.15) is 18.4 Å². The molecule has 2 aromatic heterocycles. The molecule has 1 fully saturated rings. The van der Waals surface area contributed by atoms with Crippen LogP contribution in [0.4, 0.5) is 0 Å². The number of rotatable bonds is 6. The first-order chi connectivity index (χ1) is 11.9. The van der Waals surface area contributed by atoms with E-state index in [-0.39, 0.29) is 6.10 Å². The van der Waals surface area contributed by atoms with E-state index >= 15 is 0 Å². The Balaban J connectivity index is 1.39. The molecule has 1 atom stereocenters. The third kappa shape index (κ3) is 3.49. The van der Waals surface area contributed by atoms with E-state index in [1.807, 2.05) is 52.1 Å². The summed E-state index contributed by atoms with van der Waals surface area (Å²) in [4.78, 5) is 0. The van der Waals surface area contributed by atoms with Gasteiger partial charge >= 0.3 is 0 Å². The van der Waals surface area contributed by atoms with Gasteiger partial charge in [-0.15, -0.1) is 5.10 Å². The average Bonchev–Trinajstić information content (AvgIpc) is 3.37. The largest absolute Gasteiger partial charge is 0.376 e. The molecule has 0 spiro atoms. The summed E-state index contributed by atoms with van der Waals surface area (Å²) in [5.74, 6) is 0.777. The Labute approximate surface area is 144 Å². The number of hydrogen-bond donors (Lipinski definition) is 0. The fourth-order valence-corrected chi connectivity index (χ4v) is 3.50. The van der Waals surface area contributed by atoms with Gasteiger partial charge in [0.05, 0.1) is 24.5 Å². The molecule has 7 nitrogen and oxygen atoms in total. The van der Waals surface area contributed by atoms with E-state index < -0.39 is 0 Å². The highest BCUT2D eigenvalue weighted by Gasteiger charge is 2.19. The highest BCUT2D eigenvalue weighted by molar-refractivity contribution is 7.98. The van der Waals surface area contributed by atoms with Gasteiger partial charge in [-0.1, -0.05) is 30.0 Å². The third-order valence-corrected chi connectivity index (χ3v) is 4.95. The lowest BCUT2D eigenvalue weighted by Gasteiger charge is -2.09. The third-order valence-electron chi connectivity index (χ3n) is 3.92. The van der Waals surface area contributed by atoms with Crippen molar-refractivity contribution in [3.63, 3.8) is 0 Å². The van der Waals surface area contributed by atoms with Crippen LogP contribution in [0.15, 0.2) is 47.9 Å². The molecule has 24 heavy (non-hydrogen) atoms. The highest BCUT2D eigenvalue weighted by Crippen LogP contribution is 2.22. The van der Waals surface area contributed by atoms with E-state index in [2.05, 4.69) is 20.6 Å². The lowest BCUT2D eigenvalue weighted by Crippen LogP contribution is -2.16. The molecule has 1 aliphatic heterocycles. The van der Waals surface area contributed by atoms with Crippen LogP contribution in [0.5, 0.6) is 0 Å². The van der Waals surface area contributed by atoms with E-state index in [1.165, 1.54) is 0 Å². The Morgan fingerprint density at radius 1 is 1.25 bits per heavy atom. The summed E-state index contributed by atoms with van der Waals surface area (Å²) in [6.45, 7) is 1.56. The Kier molecular flexibility index (Phi) is 4.57. The second-order valence-corrected chi connectivity index (χ2v) is 6.64. The molecule has 0 saturated carbocycles. The normalized spacial score (nSPS) is 17.4. The first kappa shape index (κ1) is 15.3. The van der Waals surface area contributed by atoms with Crippen LogP contribution in [0.25, 0.3) is 5.69 Å². The molecule has 0 N–H and O–H groups in total.